The molecule has 0 bridgehead atoms. The summed E-state index contributed by atoms with van der Waals surface area (Å²) in [6.07, 6.45) is 3.39. The Morgan fingerprint density at radius 3 is 2.72 bits per heavy atom. The van der Waals surface area contributed by atoms with Gasteiger partial charge in [-0.1, -0.05) is 0 Å². The number of amides is 1. The van der Waals surface area contributed by atoms with Crippen LogP contribution in [0, 0.1) is 0 Å². The molecule has 102 valence electrons. The van der Waals surface area contributed by atoms with Crippen molar-refractivity contribution in [3.63, 3.8) is 0 Å². The number of nitrogens with one attached hydrogen (secondary N) is 2. The van der Waals surface area contributed by atoms with E-state index in [4.69, 9.17) is 0 Å². The van der Waals surface area contributed by atoms with Crippen molar-refractivity contribution in [2.24, 2.45) is 0 Å². The average molecular weight is 338 g/mol. The van der Waals surface area contributed by atoms with Gasteiger partial charge in [0.1, 0.15) is 5.69 Å². The number of hydrogen-bond donors (Lipinski definition) is 2. The monoisotopic (exact) mass is 337 g/mol. The van der Waals surface area contributed by atoms with Gasteiger partial charge >= 0.3 is 0 Å². The Kier molecular flexibility index (Phi) is 5.36. The van der Waals surface area contributed by atoms with E-state index in [9.17, 15) is 13.2 Å². The number of nitrogens with zero attached hydrogens (tertiary/aromatic N) is 1. The molecule has 0 fully saturated rings. The molecule has 8 heteroatoms. The zero-order valence-electron chi connectivity index (χ0n) is 10.2. The molecular weight excluding hydrogens is 322 g/mol. The van der Waals surface area contributed by atoms with E-state index in [1.807, 2.05) is 0 Å². The summed E-state index contributed by atoms with van der Waals surface area (Å²) in [6, 6.07) is 1.68. The van der Waals surface area contributed by atoms with Gasteiger partial charge in [-0.15, -0.1) is 0 Å². The molecule has 0 aliphatic carbocycles. The normalized spacial score (nSPS) is 11.8. The van der Waals surface area contributed by atoms with Crippen molar-refractivity contribution in [1.82, 2.24) is 14.6 Å². The first-order chi connectivity index (χ1) is 8.30. The lowest BCUT2D eigenvalue weighted by atomic mass is 10.3. The fraction of sp³-hybridized carbons (Fsp3) is 0.500. The lowest BCUT2D eigenvalue weighted by Crippen LogP contribution is -2.31. The van der Waals surface area contributed by atoms with E-state index in [1.165, 1.54) is 11.4 Å². The van der Waals surface area contributed by atoms with Crippen molar-refractivity contribution < 1.29 is 13.2 Å². The first-order valence-electron chi connectivity index (χ1n) is 5.34. The summed E-state index contributed by atoms with van der Waals surface area (Å²) >= 11 is 3.24. The predicted octanol–water partition coefficient (Wildman–Crippen LogP) is 0.789. The number of H-pyrrole nitrogens is 1. The molecule has 0 saturated heterocycles. The highest BCUT2D eigenvalue weighted by atomic mass is 79.9. The van der Waals surface area contributed by atoms with Gasteiger partial charge in [0.2, 0.25) is 10.0 Å². The van der Waals surface area contributed by atoms with Gasteiger partial charge in [-0.25, -0.2) is 12.7 Å². The largest absolute Gasteiger partial charge is 0.356 e. The Morgan fingerprint density at radius 1 is 1.56 bits per heavy atom. The van der Waals surface area contributed by atoms with Crippen molar-refractivity contribution in [2.45, 2.75) is 6.42 Å². The molecule has 18 heavy (non-hydrogen) atoms. The van der Waals surface area contributed by atoms with Crippen molar-refractivity contribution in [3.05, 3.63) is 22.4 Å². The van der Waals surface area contributed by atoms with E-state index in [-0.39, 0.29) is 5.91 Å². The molecule has 1 rings (SSSR count). The molecule has 0 aromatic carbocycles. The molecule has 0 aliphatic rings. The number of aromatic amines is 1. The number of sulfonamides is 1. The molecule has 0 aliphatic heterocycles. The van der Waals surface area contributed by atoms with E-state index >= 15 is 0 Å². The molecule has 2 N–H and O–H groups in total. The summed E-state index contributed by atoms with van der Waals surface area (Å²) < 4.78 is 24.3. The maximum Gasteiger partial charge on any atom is 0.267 e. The van der Waals surface area contributed by atoms with E-state index in [2.05, 4.69) is 26.2 Å². The van der Waals surface area contributed by atoms with Crippen molar-refractivity contribution in [3.8, 4) is 0 Å². The first kappa shape index (κ1) is 15.2. The van der Waals surface area contributed by atoms with Gasteiger partial charge in [0.25, 0.3) is 5.91 Å². The van der Waals surface area contributed by atoms with Gasteiger partial charge in [0.05, 0.1) is 6.26 Å². The van der Waals surface area contributed by atoms with Gasteiger partial charge in [-0.3, -0.25) is 4.79 Å². The summed E-state index contributed by atoms with van der Waals surface area (Å²) in [6.45, 7) is 0.808. The highest BCUT2D eigenvalue weighted by Crippen LogP contribution is 2.10. The van der Waals surface area contributed by atoms with E-state index < -0.39 is 10.0 Å². The molecular formula is C10H16BrN3O3S. The molecule has 1 heterocycles. The second-order valence-corrected chi connectivity index (χ2v) is 6.93. The Hall–Kier alpha value is -0.860. The van der Waals surface area contributed by atoms with Crippen LogP contribution < -0.4 is 5.32 Å². The summed E-state index contributed by atoms with van der Waals surface area (Å²) in [5.74, 6) is -0.206. The minimum atomic E-state index is -3.14. The van der Waals surface area contributed by atoms with Gasteiger partial charge in [-0.2, -0.15) is 0 Å². The fourth-order valence-electron chi connectivity index (χ4n) is 1.26. The summed E-state index contributed by atoms with van der Waals surface area (Å²) in [5.41, 5.74) is 0.471. The number of rotatable bonds is 6. The second kappa shape index (κ2) is 6.35. The van der Waals surface area contributed by atoms with Crippen molar-refractivity contribution >= 4 is 31.9 Å². The molecule has 0 radical (unpaired) electrons. The molecule has 1 aromatic heterocycles. The summed E-state index contributed by atoms with van der Waals surface area (Å²) in [7, 11) is -1.63. The van der Waals surface area contributed by atoms with Crippen LogP contribution in [0.5, 0.6) is 0 Å². The Bertz CT molecular complexity index is 512. The molecule has 0 saturated carbocycles. The van der Waals surface area contributed by atoms with E-state index in [0.717, 1.165) is 10.7 Å². The SMILES string of the molecule is CN(CCCNC(=O)c1cc(Br)c[nH]1)S(C)(=O)=O. The van der Waals surface area contributed by atoms with Crippen molar-refractivity contribution in [1.29, 1.82) is 0 Å². The summed E-state index contributed by atoms with van der Waals surface area (Å²) in [4.78, 5) is 14.4. The molecule has 1 amide bonds. The molecule has 6 nitrogen and oxygen atoms in total. The minimum Gasteiger partial charge on any atom is -0.356 e. The fourth-order valence-corrected chi connectivity index (χ4v) is 2.07. The zero-order valence-corrected chi connectivity index (χ0v) is 12.6. The van der Waals surface area contributed by atoms with Gasteiger partial charge in [0.15, 0.2) is 0 Å². The third-order valence-corrected chi connectivity index (χ3v) is 4.17. The predicted molar refractivity (Wildman–Crippen MR) is 72.9 cm³/mol. The molecule has 0 unspecified atom stereocenters. The van der Waals surface area contributed by atoms with Crippen LogP contribution in [-0.4, -0.2) is 50.0 Å². The van der Waals surface area contributed by atoms with E-state index in [0.29, 0.717) is 25.2 Å². The highest BCUT2D eigenvalue weighted by molar-refractivity contribution is 9.10. The maximum absolute atomic E-state index is 11.6. The van der Waals surface area contributed by atoms with Gasteiger partial charge < -0.3 is 10.3 Å². The Labute approximate surface area is 115 Å². The van der Waals surface area contributed by atoms with Crippen LogP contribution in [0.1, 0.15) is 16.9 Å². The lowest BCUT2D eigenvalue weighted by Gasteiger charge is -2.13. The van der Waals surface area contributed by atoms with Crippen LogP contribution in [0.4, 0.5) is 0 Å². The molecule has 1 aromatic rings. The summed E-state index contributed by atoms with van der Waals surface area (Å²) in [5, 5.41) is 2.71. The third-order valence-electron chi connectivity index (χ3n) is 2.39. The molecule has 0 atom stereocenters. The molecule has 0 spiro atoms. The van der Waals surface area contributed by atoms with E-state index in [1.54, 1.807) is 12.3 Å². The van der Waals surface area contributed by atoms with Crippen LogP contribution in [-0.2, 0) is 10.0 Å². The van der Waals surface area contributed by atoms with Crippen LogP contribution in [0.2, 0.25) is 0 Å². The number of carbonyl (C=O) groups excluding carboxylic acids is 1. The number of aromatic nitrogens is 1. The topological polar surface area (TPSA) is 82.3 Å². The first-order valence-corrected chi connectivity index (χ1v) is 7.98. The second-order valence-electron chi connectivity index (χ2n) is 3.93. The van der Waals surface area contributed by atoms with Crippen LogP contribution in [0.3, 0.4) is 0 Å². The van der Waals surface area contributed by atoms with Crippen LogP contribution >= 0.6 is 15.9 Å². The Balaban J connectivity index is 2.29. The standard InChI is InChI=1S/C10H16BrN3O3S/c1-14(18(2,16)17)5-3-4-12-10(15)9-6-8(11)7-13-9/h6-7,13H,3-5H2,1-2H3,(H,12,15). The van der Waals surface area contributed by atoms with Crippen LogP contribution in [0.15, 0.2) is 16.7 Å². The average Bonchev–Trinajstić information content (AvgIpc) is 2.69. The zero-order chi connectivity index (χ0) is 13.8. The quantitative estimate of drug-likeness (QED) is 0.753. The van der Waals surface area contributed by atoms with Gasteiger partial charge in [0, 0.05) is 30.8 Å². The van der Waals surface area contributed by atoms with Gasteiger partial charge in [-0.05, 0) is 28.4 Å². The third kappa shape index (κ3) is 4.79. The number of halogens is 1. The minimum absolute atomic E-state index is 0.206. The lowest BCUT2D eigenvalue weighted by molar-refractivity contribution is 0.0948. The Morgan fingerprint density at radius 2 is 2.22 bits per heavy atom. The number of carbonyl (C=O) groups is 1. The smallest absolute Gasteiger partial charge is 0.267 e. The van der Waals surface area contributed by atoms with Crippen LogP contribution in [0.25, 0.3) is 0 Å². The maximum atomic E-state index is 11.6. The highest BCUT2D eigenvalue weighted by Gasteiger charge is 2.10. The van der Waals surface area contributed by atoms with Crippen molar-refractivity contribution in [2.75, 3.05) is 26.4 Å². The number of hydrogen-bond acceptors (Lipinski definition) is 3.